The van der Waals surface area contributed by atoms with Crippen LogP contribution in [-0.2, 0) is 4.84 Å². The number of carbonyl (C=O) groups excluding carboxylic acids is 1. The number of nitrogens with two attached hydrogens (primary N) is 1. The Morgan fingerprint density at radius 3 is 3.00 bits per heavy atom. The number of methoxy groups -OCH3 is 1. The molecule has 1 unspecified atom stereocenters. The van der Waals surface area contributed by atoms with Gasteiger partial charge in [-0.05, 0) is 19.1 Å². The van der Waals surface area contributed by atoms with E-state index >= 15 is 0 Å². The lowest BCUT2D eigenvalue weighted by Crippen LogP contribution is -2.53. The van der Waals surface area contributed by atoms with Gasteiger partial charge in [0.05, 0.1) is 25.2 Å². The van der Waals surface area contributed by atoms with Crippen LogP contribution in [0.2, 0.25) is 0 Å². The van der Waals surface area contributed by atoms with Gasteiger partial charge in [0.15, 0.2) is 10.6 Å². The van der Waals surface area contributed by atoms with Gasteiger partial charge in [0.1, 0.15) is 11.3 Å². The second-order valence-electron chi connectivity index (χ2n) is 6.58. The molecule has 10 nitrogen and oxygen atoms in total. The highest BCUT2D eigenvalue weighted by Gasteiger charge is 2.29. The Hall–Kier alpha value is -3.18. The van der Waals surface area contributed by atoms with E-state index < -0.39 is 6.09 Å². The molecular weight excluding hydrogens is 394 g/mol. The lowest BCUT2D eigenvalue weighted by molar-refractivity contribution is -0.126. The number of carbonyl (C=O) groups is 1. The molecule has 1 aliphatic heterocycles. The van der Waals surface area contributed by atoms with Crippen molar-refractivity contribution in [3.8, 4) is 5.75 Å². The van der Waals surface area contributed by atoms with E-state index in [0.29, 0.717) is 36.9 Å². The number of nitrogen functional groups attached to an aromatic ring is 1. The molecule has 0 aliphatic carbocycles. The third kappa shape index (κ3) is 4.15. The number of aromatic nitrogens is 3. The van der Waals surface area contributed by atoms with Crippen LogP contribution in [0.15, 0.2) is 29.8 Å². The Morgan fingerprint density at radius 1 is 1.34 bits per heavy atom. The molecular formula is C18H21N7O3S. The monoisotopic (exact) mass is 415 g/mol. The first-order valence-electron chi connectivity index (χ1n) is 9.05. The van der Waals surface area contributed by atoms with E-state index in [0.717, 1.165) is 10.3 Å². The average Bonchev–Trinajstić information content (AvgIpc) is 3.17. The van der Waals surface area contributed by atoms with Crippen LogP contribution in [-0.4, -0.2) is 58.9 Å². The number of thiazole rings is 1. The number of hydroxylamine groups is 2. The summed E-state index contributed by atoms with van der Waals surface area (Å²) in [6.07, 6.45) is -0.549. The Kier molecular flexibility index (Phi) is 5.32. The van der Waals surface area contributed by atoms with Gasteiger partial charge in [-0.2, -0.15) is 4.98 Å². The number of hydrogen-bond acceptors (Lipinski definition) is 10. The number of hydrogen-bond donors (Lipinski definition) is 2. The highest BCUT2D eigenvalue weighted by Crippen LogP contribution is 2.28. The molecule has 11 heteroatoms. The zero-order chi connectivity index (χ0) is 20.4. The summed E-state index contributed by atoms with van der Waals surface area (Å²) in [5.41, 5.74) is 8.91. The summed E-state index contributed by atoms with van der Waals surface area (Å²) in [5, 5.41) is 4.37. The van der Waals surface area contributed by atoms with Crippen LogP contribution in [0.5, 0.6) is 5.75 Å². The lowest BCUT2D eigenvalue weighted by Gasteiger charge is -2.38. The van der Waals surface area contributed by atoms with Crippen molar-refractivity contribution >= 4 is 45.2 Å². The van der Waals surface area contributed by atoms with E-state index in [1.807, 2.05) is 6.92 Å². The van der Waals surface area contributed by atoms with Crippen LogP contribution in [0.4, 0.5) is 22.2 Å². The van der Waals surface area contributed by atoms with Gasteiger partial charge in [0.2, 0.25) is 5.95 Å². The highest BCUT2D eigenvalue weighted by molar-refractivity contribution is 7.16. The molecule has 1 saturated heterocycles. The van der Waals surface area contributed by atoms with Crippen LogP contribution >= 0.6 is 11.3 Å². The van der Waals surface area contributed by atoms with Crippen LogP contribution in [0.3, 0.4) is 0 Å². The number of fused-ring (bicyclic) bond motifs is 1. The zero-order valence-electron chi connectivity index (χ0n) is 16.0. The fraction of sp³-hybridized carbons (Fsp3) is 0.333. The molecule has 4 rings (SSSR count). The van der Waals surface area contributed by atoms with Crippen LogP contribution in [0, 0.1) is 0 Å². The minimum Gasteiger partial charge on any atom is -0.497 e. The van der Waals surface area contributed by atoms with Gasteiger partial charge in [-0.1, -0.05) is 6.07 Å². The molecule has 0 radical (unpaired) electrons. The molecule has 0 bridgehead atoms. The van der Waals surface area contributed by atoms with E-state index in [-0.39, 0.29) is 12.0 Å². The smallest absolute Gasteiger partial charge is 0.430 e. The van der Waals surface area contributed by atoms with Crippen molar-refractivity contribution in [1.29, 1.82) is 0 Å². The summed E-state index contributed by atoms with van der Waals surface area (Å²) < 4.78 is 5.16. The summed E-state index contributed by atoms with van der Waals surface area (Å²) >= 11 is 1.43. The topological polar surface area (TPSA) is 119 Å². The quantitative estimate of drug-likeness (QED) is 0.662. The third-order valence-electron chi connectivity index (χ3n) is 4.58. The molecule has 3 heterocycles. The molecule has 29 heavy (non-hydrogen) atoms. The standard InChI is InChI=1S/C18H21N7O3S/c1-11-9-24(15-14-16(29-10-20-14)23-17(19)22-15)6-7-25(11)28-18(26)21-12-4-3-5-13(8-12)27-2/h3-5,8,10-11H,6-7,9H2,1-2H3,(H,21,26)(H2,19,22,23). The molecule has 0 saturated carbocycles. The molecule has 1 aliphatic rings. The molecule has 1 amide bonds. The number of benzene rings is 1. The van der Waals surface area contributed by atoms with Crippen molar-refractivity contribution in [2.45, 2.75) is 13.0 Å². The molecule has 1 atom stereocenters. The van der Waals surface area contributed by atoms with E-state index in [1.165, 1.54) is 11.3 Å². The van der Waals surface area contributed by atoms with Gasteiger partial charge in [-0.3, -0.25) is 5.32 Å². The minimum absolute atomic E-state index is 0.0512. The van der Waals surface area contributed by atoms with Crippen LogP contribution in [0.1, 0.15) is 6.92 Å². The van der Waals surface area contributed by atoms with Crippen molar-refractivity contribution in [1.82, 2.24) is 20.0 Å². The predicted octanol–water partition coefficient (Wildman–Crippen LogP) is 2.35. The van der Waals surface area contributed by atoms with Crippen molar-refractivity contribution in [2.24, 2.45) is 0 Å². The molecule has 2 aromatic heterocycles. The molecule has 1 fully saturated rings. The average molecular weight is 415 g/mol. The Bertz CT molecular complexity index is 1030. The molecule has 1 aromatic carbocycles. The van der Waals surface area contributed by atoms with Gasteiger partial charge in [0.25, 0.3) is 0 Å². The molecule has 3 aromatic rings. The predicted molar refractivity (Wildman–Crippen MR) is 111 cm³/mol. The third-order valence-corrected chi connectivity index (χ3v) is 5.30. The second kappa shape index (κ2) is 8.05. The van der Waals surface area contributed by atoms with E-state index in [9.17, 15) is 4.79 Å². The first-order valence-corrected chi connectivity index (χ1v) is 9.93. The maximum Gasteiger partial charge on any atom is 0.430 e. The molecule has 0 spiro atoms. The van der Waals surface area contributed by atoms with Crippen molar-refractivity contribution in [3.63, 3.8) is 0 Å². The molecule has 152 valence electrons. The fourth-order valence-corrected chi connectivity index (χ4v) is 3.86. The first kappa shape index (κ1) is 19.2. The number of rotatable bonds is 4. The maximum atomic E-state index is 12.3. The Balaban J connectivity index is 1.40. The highest BCUT2D eigenvalue weighted by atomic mass is 32.1. The summed E-state index contributed by atoms with van der Waals surface area (Å²) in [7, 11) is 1.57. The number of nitrogens with zero attached hydrogens (tertiary/aromatic N) is 5. The van der Waals surface area contributed by atoms with E-state index in [2.05, 4.69) is 25.2 Å². The Morgan fingerprint density at radius 2 is 2.21 bits per heavy atom. The van der Waals surface area contributed by atoms with Gasteiger partial charge in [0, 0.05) is 24.8 Å². The van der Waals surface area contributed by atoms with Crippen molar-refractivity contribution in [2.75, 3.05) is 42.7 Å². The van der Waals surface area contributed by atoms with Crippen LogP contribution in [0.25, 0.3) is 10.3 Å². The van der Waals surface area contributed by atoms with Gasteiger partial charge in [-0.25, -0.2) is 14.8 Å². The summed E-state index contributed by atoms with van der Waals surface area (Å²) in [4.78, 5) is 33.6. The largest absolute Gasteiger partial charge is 0.497 e. The summed E-state index contributed by atoms with van der Waals surface area (Å²) in [5.74, 6) is 1.59. The van der Waals surface area contributed by atoms with E-state index in [1.54, 1.807) is 41.9 Å². The lowest BCUT2D eigenvalue weighted by atomic mass is 10.2. The summed E-state index contributed by atoms with van der Waals surface area (Å²) in [6, 6.07) is 7.04. The number of nitrogens with one attached hydrogen (secondary N) is 1. The van der Waals surface area contributed by atoms with Crippen LogP contribution < -0.4 is 20.7 Å². The van der Waals surface area contributed by atoms with E-state index in [4.69, 9.17) is 15.3 Å². The second-order valence-corrected chi connectivity index (χ2v) is 7.42. The SMILES string of the molecule is COc1cccc(NC(=O)ON2CCN(c3nc(N)nc4scnc34)CC2C)c1. The number of anilines is 3. The Labute approximate surface area is 171 Å². The normalized spacial score (nSPS) is 17.3. The maximum absolute atomic E-state index is 12.3. The number of ether oxygens (including phenoxy) is 1. The minimum atomic E-state index is -0.549. The molecule has 3 N–H and O–H groups in total. The van der Waals surface area contributed by atoms with Crippen molar-refractivity contribution in [3.05, 3.63) is 29.8 Å². The number of amides is 1. The fourth-order valence-electron chi connectivity index (χ4n) is 3.20. The zero-order valence-corrected chi connectivity index (χ0v) is 16.8. The van der Waals surface area contributed by atoms with Crippen molar-refractivity contribution < 1.29 is 14.4 Å². The van der Waals surface area contributed by atoms with Gasteiger partial charge < -0.3 is 20.2 Å². The summed E-state index contributed by atoms with van der Waals surface area (Å²) in [6.45, 7) is 3.71. The first-order chi connectivity index (χ1) is 14.0. The van der Waals surface area contributed by atoms with Gasteiger partial charge in [-0.15, -0.1) is 16.4 Å². The van der Waals surface area contributed by atoms with Gasteiger partial charge >= 0.3 is 6.09 Å². The number of piperazine rings is 1.